The lowest BCUT2D eigenvalue weighted by Gasteiger charge is -2.16. The number of hydrogen-bond donors (Lipinski definition) is 1. The number of carbonyl (C=O) groups excluding carboxylic acids is 1. The topological polar surface area (TPSA) is 103 Å². The summed E-state index contributed by atoms with van der Waals surface area (Å²) in [6.07, 6.45) is 14.2. The molecule has 1 aromatic heterocycles. The molecule has 0 spiro atoms. The Hall–Kier alpha value is -3.20. The molecule has 9 heteroatoms. The summed E-state index contributed by atoms with van der Waals surface area (Å²) in [5, 5.41) is 23.8. The van der Waals surface area contributed by atoms with Crippen LogP contribution in [0.5, 0.6) is 0 Å². The third kappa shape index (κ3) is 10.9. The summed E-state index contributed by atoms with van der Waals surface area (Å²) in [4.78, 5) is 23.5. The van der Waals surface area contributed by atoms with E-state index in [9.17, 15) is 14.9 Å². The Morgan fingerprint density at radius 2 is 1.59 bits per heavy atom. The maximum Gasteiger partial charge on any atom is 0.269 e. The molecule has 0 fully saturated rings. The van der Waals surface area contributed by atoms with E-state index < -0.39 is 4.92 Å². The normalized spacial score (nSPS) is 11.9. The third-order valence-corrected chi connectivity index (χ3v) is 8.20. The monoisotopic (exact) mass is 579 g/mol. The molecule has 1 amide bonds. The molecule has 0 bridgehead atoms. The second kappa shape index (κ2) is 17.6. The molecule has 1 atom stereocenters. The van der Waals surface area contributed by atoms with Gasteiger partial charge in [0.2, 0.25) is 5.91 Å². The molecule has 2 aromatic carbocycles. The fraction of sp³-hybridized carbons (Fsp3) is 0.531. The largest absolute Gasteiger partial charge is 0.346 e. The lowest BCUT2D eigenvalue weighted by Crippen LogP contribution is -2.28. The highest BCUT2D eigenvalue weighted by Gasteiger charge is 2.21. The minimum atomic E-state index is -0.415. The molecule has 0 saturated carbocycles. The number of thioether (sulfide) groups is 1. The van der Waals surface area contributed by atoms with Crippen molar-refractivity contribution in [2.24, 2.45) is 0 Å². The number of rotatable bonds is 19. The molecular weight excluding hydrogens is 534 g/mol. The Morgan fingerprint density at radius 3 is 2.20 bits per heavy atom. The first-order valence-electron chi connectivity index (χ1n) is 15.1. The van der Waals surface area contributed by atoms with Crippen LogP contribution >= 0.6 is 11.8 Å². The number of amides is 1. The Kier molecular flexibility index (Phi) is 13.9. The van der Waals surface area contributed by atoms with Gasteiger partial charge in [0.05, 0.1) is 11.0 Å². The van der Waals surface area contributed by atoms with Gasteiger partial charge in [-0.1, -0.05) is 113 Å². The van der Waals surface area contributed by atoms with Gasteiger partial charge in [-0.3, -0.25) is 19.5 Å². The molecule has 1 unspecified atom stereocenters. The van der Waals surface area contributed by atoms with Crippen molar-refractivity contribution in [1.29, 1.82) is 0 Å². The second-order valence-electron chi connectivity index (χ2n) is 10.8. The molecule has 0 saturated heterocycles. The van der Waals surface area contributed by atoms with Gasteiger partial charge in [-0.2, -0.15) is 0 Å². The summed E-state index contributed by atoms with van der Waals surface area (Å²) in [6, 6.07) is 14.3. The zero-order chi connectivity index (χ0) is 29.5. The number of nitrogens with one attached hydrogen (secondary N) is 1. The quantitative estimate of drug-likeness (QED) is 0.0660. The number of benzene rings is 2. The smallest absolute Gasteiger partial charge is 0.269 e. The first-order valence-corrected chi connectivity index (χ1v) is 16.1. The maximum atomic E-state index is 12.8. The fourth-order valence-electron chi connectivity index (χ4n) is 4.90. The van der Waals surface area contributed by atoms with E-state index in [1.54, 1.807) is 23.9 Å². The number of aryl methyl sites for hydroxylation is 1. The maximum absolute atomic E-state index is 12.8. The van der Waals surface area contributed by atoms with Crippen molar-refractivity contribution in [3.05, 3.63) is 75.6 Å². The van der Waals surface area contributed by atoms with Gasteiger partial charge in [0.1, 0.15) is 0 Å². The van der Waals surface area contributed by atoms with E-state index in [0.717, 1.165) is 12.8 Å². The van der Waals surface area contributed by atoms with Crippen molar-refractivity contribution in [1.82, 2.24) is 20.1 Å². The van der Waals surface area contributed by atoms with E-state index in [4.69, 9.17) is 0 Å². The van der Waals surface area contributed by atoms with Crippen molar-refractivity contribution in [3.63, 3.8) is 0 Å². The van der Waals surface area contributed by atoms with Gasteiger partial charge in [-0.25, -0.2) is 0 Å². The van der Waals surface area contributed by atoms with E-state index in [-0.39, 0.29) is 17.6 Å². The van der Waals surface area contributed by atoms with E-state index in [0.29, 0.717) is 28.8 Å². The highest BCUT2D eigenvalue weighted by atomic mass is 32.2. The van der Waals surface area contributed by atoms with Gasteiger partial charge in [-0.05, 0) is 38.0 Å². The van der Waals surface area contributed by atoms with Crippen LogP contribution in [0.4, 0.5) is 5.69 Å². The minimum Gasteiger partial charge on any atom is -0.346 e. The minimum absolute atomic E-state index is 0.000590. The Balaban J connectivity index is 1.55. The van der Waals surface area contributed by atoms with Crippen LogP contribution in [0.2, 0.25) is 0 Å². The summed E-state index contributed by atoms with van der Waals surface area (Å²) in [7, 11) is 0. The number of non-ortho nitro benzene ring substituents is 1. The molecule has 8 nitrogen and oxygen atoms in total. The van der Waals surface area contributed by atoms with Gasteiger partial charge in [0.25, 0.3) is 5.69 Å². The lowest BCUT2D eigenvalue weighted by atomic mass is 10.1. The van der Waals surface area contributed by atoms with Crippen molar-refractivity contribution < 1.29 is 9.72 Å². The highest BCUT2D eigenvalue weighted by molar-refractivity contribution is 7.98. The Labute approximate surface area is 248 Å². The van der Waals surface area contributed by atoms with Gasteiger partial charge in [0, 0.05) is 30.0 Å². The molecule has 3 aromatic rings. The van der Waals surface area contributed by atoms with E-state index >= 15 is 0 Å². The molecular formula is C32H45N5O3S. The third-order valence-electron chi connectivity index (χ3n) is 7.20. The van der Waals surface area contributed by atoms with E-state index in [1.165, 1.54) is 81.0 Å². The summed E-state index contributed by atoms with van der Waals surface area (Å²) >= 11 is 1.54. The number of hydrogen-bond acceptors (Lipinski definition) is 6. The van der Waals surface area contributed by atoms with Crippen molar-refractivity contribution in [2.75, 3.05) is 0 Å². The van der Waals surface area contributed by atoms with E-state index in [1.807, 2.05) is 17.6 Å². The Bertz CT molecular complexity index is 1230. The van der Waals surface area contributed by atoms with Gasteiger partial charge >= 0.3 is 0 Å². The molecule has 0 aliphatic carbocycles. The summed E-state index contributed by atoms with van der Waals surface area (Å²) in [6.45, 7) is 6.21. The molecule has 41 heavy (non-hydrogen) atoms. The zero-order valence-electron chi connectivity index (χ0n) is 24.8. The molecule has 1 heterocycles. The summed E-state index contributed by atoms with van der Waals surface area (Å²) in [5.74, 6) is 1.30. The Morgan fingerprint density at radius 1 is 0.951 bits per heavy atom. The van der Waals surface area contributed by atoms with Crippen LogP contribution in [0.3, 0.4) is 0 Å². The predicted molar refractivity (Wildman–Crippen MR) is 166 cm³/mol. The second-order valence-corrected chi connectivity index (χ2v) is 11.7. The lowest BCUT2D eigenvalue weighted by molar-refractivity contribution is -0.384. The first kappa shape index (κ1) is 32.3. The van der Waals surface area contributed by atoms with Crippen molar-refractivity contribution in [3.8, 4) is 5.69 Å². The van der Waals surface area contributed by atoms with Gasteiger partial charge < -0.3 is 5.32 Å². The number of nitro benzene ring substituents is 1. The first-order chi connectivity index (χ1) is 19.9. The van der Waals surface area contributed by atoms with Crippen LogP contribution < -0.4 is 5.32 Å². The summed E-state index contributed by atoms with van der Waals surface area (Å²) < 4.78 is 1.89. The number of aromatic nitrogens is 3. The molecule has 3 rings (SSSR count). The number of nitrogens with zero attached hydrogens (tertiary/aromatic N) is 4. The predicted octanol–water partition coefficient (Wildman–Crippen LogP) is 8.65. The average Bonchev–Trinajstić information content (AvgIpc) is 3.39. The number of unbranched alkanes of at least 4 members (excludes halogenated alkanes) is 10. The van der Waals surface area contributed by atoms with Crippen LogP contribution in [0.15, 0.2) is 53.7 Å². The highest BCUT2D eigenvalue weighted by Crippen LogP contribution is 2.29. The molecule has 222 valence electrons. The SMILES string of the molecule is CCCCCCCCCCCCCC(=O)NC(C)c1nnc(SCc2cccc(C)c2)n1-c1ccc([N+](=O)[O-])cc1. The number of carbonyl (C=O) groups is 1. The zero-order valence-corrected chi connectivity index (χ0v) is 25.6. The summed E-state index contributed by atoms with van der Waals surface area (Å²) in [5.41, 5.74) is 3.09. The average molecular weight is 580 g/mol. The van der Waals surface area contributed by atoms with Crippen LogP contribution in [-0.4, -0.2) is 25.6 Å². The standard InChI is InChI=1S/C32H45N5O3S/c1-4-5-6-7-8-9-10-11-12-13-14-18-30(38)33-26(3)31-34-35-32(41-24-27-17-15-16-25(2)23-27)36(31)28-19-21-29(22-20-28)37(39)40/h15-17,19-23,26H,4-14,18,24H2,1-3H3,(H,33,38). The van der Waals surface area contributed by atoms with Crippen LogP contribution in [0.1, 0.15) is 114 Å². The van der Waals surface area contributed by atoms with Crippen LogP contribution in [0, 0.1) is 17.0 Å². The van der Waals surface area contributed by atoms with Crippen molar-refractivity contribution in [2.45, 2.75) is 115 Å². The van der Waals surface area contributed by atoms with Crippen LogP contribution in [0.25, 0.3) is 5.69 Å². The van der Waals surface area contributed by atoms with Crippen LogP contribution in [-0.2, 0) is 10.5 Å². The van der Waals surface area contributed by atoms with Gasteiger partial charge in [-0.15, -0.1) is 10.2 Å². The van der Waals surface area contributed by atoms with Gasteiger partial charge in [0.15, 0.2) is 11.0 Å². The number of nitro groups is 1. The van der Waals surface area contributed by atoms with E-state index in [2.05, 4.69) is 47.6 Å². The van der Waals surface area contributed by atoms with Crippen molar-refractivity contribution >= 4 is 23.4 Å². The molecule has 0 aliphatic rings. The molecule has 0 aliphatic heterocycles. The molecule has 0 radical (unpaired) electrons. The fourth-order valence-corrected chi connectivity index (χ4v) is 5.80. The molecule has 1 N–H and O–H groups in total.